The molecule has 29 heavy (non-hydrogen) atoms. The lowest BCUT2D eigenvalue weighted by molar-refractivity contribution is -0.122. The summed E-state index contributed by atoms with van der Waals surface area (Å²) < 4.78 is 0. The van der Waals surface area contributed by atoms with Crippen LogP contribution in [0.15, 0.2) is 48.5 Å². The maximum absolute atomic E-state index is 12.7. The van der Waals surface area contributed by atoms with E-state index in [0.29, 0.717) is 18.7 Å². The van der Waals surface area contributed by atoms with Crippen LogP contribution in [0, 0.1) is 5.92 Å². The Labute approximate surface area is 170 Å². The molecule has 2 aliphatic rings. The van der Waals surface area contributed by atoms with Gasteiger partial charge >= 0.3 is 0 Å². The summed E-state index contributed by atoms with van der Waals surface area (Å²) in [5.74, 6) is -0.431. The molecule has 1 N–H and O–H groups in total. The topological polar surface area (TPSA) is 69.7 Å². The molecule has 2 aromatic carbocycles. The van der Waals surface area contributed by atoms with E-state index >= 15 is 0 Å². The summed E-state index contributed by atoms with van der Waals surface area (Å²) in [7, 11) is 0. The largest absolute Gasteiger partial charge is 0.326 e. The molecule has 0 saturated carbocycles. The first-order valence-corrected chi connectivity index (χ1v) is 10.2. The van der Waals surface area contributed by atoms with Gasteiger partial charge in [-0.15, -0.1) is 0 Å². The quantitative estimate of drug-likeness (QED) is 0.850. The fourth-order valence-electron chi connectivity index (χ4n) is 3.93. The van der Waals surface area contributed by atoms with Gasteiger partial charge in [-0.3, -0.25) is 14.4 Å². The number of amides is 3. The van der Waals surface area contributed by atoms with Crippen LogP contribution >= 0.6 is 0 Å². The van der Waals surface area contributed by atoms with E-state index in [1.54, 1.807) is 21.9 Å². The number of hydrogen-bond donors (Lipinski definition) is 1. The molecule has 2 aromatic rings. The second-order valence-electron chi connectivity index (χ2n) is 7.61. The minimum Gasteiger partial charge on any atom is -0.326 e. The predicted octanol–water partition coefficient (Wildman–Crippen LogP) is 3.37. The van der Waals surface area contributed by atoms with Crippen molar-refractivity contribution in [3.63, 3.8) is 0 Å². The maximum Gasteiger partial charge on any atom is 0.229 e. The fourth-order valence-corrected chi connectivity index (χ4v) is 3.93. The summed E-state index contributed by atoms with van der Waals surface area (Å²) in [5.41, 5.74) is 3.57. The number of anilines is 3. The van der Waals surface area contributed by atoms with Crippen LogP contribution in [0.5, 0.6) is 0 Å². The highest BCUT2D eigenvalue weighted by atomic mass is 16.2. The van der Waals surface area contributed by atoms with Crippen molar-refractivity contribution in [1.82, 2.24) is 0 Å². The molecule has 2 aliphatic heterocycles. The first-order valence-electron chi connectivity index (χ1n) is 10.2. The summed E-state index contributed by atoms with van der Waals surface area (Å²) in [6, 6.07) is 15.2. The zero-order chi connectivity index (χ0) is 20.4. The van der Waals surface area contributed by atoms with Crippen LogP contribution in [0.2, 0.25) is 0 Å². The number of carbonyl (C=O) groups is 3. The van der Waals surface area contributed by atoms with Crippen LogP contribution < -0.4 is 15.1 Å². The summed E-state index contributed by atoms with van der Waals surface area (Å²) in [4.78, 5) is 40.4. The standard InChI is InChI=1S/C23H25N3O3/c1-2-16-5-9-20(10-6-16)26-15-17(14-22(26)28)23(29)24-18-7-11-19(12-8-18)25-13-3-4-21(25)27/h5-12,17H,2-4,13-15H2,1H3,(H,24,29). The van der Waals surface area contributed by atoms with E-state index in [1.165, 1.54) is 5.56 Å². The van der Waals surface area contributed by atoms with Gasteiger partial charge in [0.25, 0.3) is 0 Å². The van der Waals surface area contributed by atoms with Crippen molar-refractivity contribution in [3.8, 4) is 0 Å². The lowest BCUT2D eigenvalue weighted by atomic mass is 10.1. The van der Waals surface area contributed by atoms with E-state index in [1.807, 2.05) is 36.4 Å². The van der Waals surface area contributed by atoms with Gasteiger partial charge in [0, 0.05) is 43.0 Å². The molecule has 1 atom stereocenters. The van der Waals surface area contributed by atoms with Gasteiger partial charge in [0.15, 0.2) is 0 Å². The van der Waals surface area contributed by atoms with E-state index in [4.69, 9.17) is 0 Å². The van der Waals surface area contributed by atoms with Gasteiger partial charge in [0.1, 0.15) is 0 Å². The van der Waals surface area contributed by atoms with Gasteiger partial charge in [-0.25, -0.2) is 0 Å². The van der Waals surface area contributed by atoms with Crippen molar-refractivity contribution >= 4 is 34.8 Å². The minimum absolute atomic E-state index is 0.0303. The van der Waals surface area contributed by atoms with Gasteiger partial charge in [0.2, 0.25) is 17.7 Å². The van der Waals surface area contributed by atoms with Gasteiger partial charge < -0.3 is 15.1 Å². The fraction of sp³-hybridized carbons (Fsp3) is 0.348. The maximum atomic E-state index is 12.7. The van der Waals surface area contributed by atoms with Crippen LogP contribution in [-0.4, -0.2) is 30.8 Å². The molecule has 6 nitrogen and oxygen atoms in total. The molecule has 0 bridgehead atoms. The molecular weight excluding hydrogens is 366 g/mol. The Bertz CT molecular complexity index is 921. The Morgan fingerprint density at radius 2 is 1.62 bits per heavy atom. The van der Waals surface area contributed by atoms with Gasteiger partial charge in [-0.05, 0) is 54.8 Å². The number of nitrogens with zero attached hydrogens (tertiary/aromatic N) is 2. The number of aryl methyl sites for hydroxylation is 1. The van der Waals surface area contributed by atoms with Gasteiger partial charge in [-0.2, -0.15) is 0 Å². The van der Waals surface area contributed by atoms with Crippen LogP contribution in [-0.2, 0) is 20.8 Å². The minimum atomic E-state index is -0.381. The Morgan fingerprint density at radius 3 is 2.24 bits per heavy atom. The van der Waals surface area contributed by atoms with Gasteiger partial charge in [0.05, 0.1) is 5.92 Å². The number of carbonyl (C=O) groups excluding carboxylic acids is 3. The number of nitrogens with one attached hydrogen (secondary N) is 1. The van der Waals surface area contributed by atoms with E-state index in [9.17, 15) is 14.4 Å². The van der Waals surface area contributed by atoms with E-state index < -0.39 is 0 Å². The summed E-state index contributed by atoms with van der Waals surface area (Å²) in [5, 5.41) is 2.90. The molecule has 2 heterocycles. The smallest absolute Gasteiger partial charge is 0.229 e. The molecular formula is C23H25N3O3. The van der Waals surface area contributed by atoms with Crippen LogP contribution in [0.25, 0.3) is 0 Å². The number of hydrogen-bond acceptors (Lipinski definition) is 3. The van der Waals surface area contributed by atoms with Crippen LogP contribution in [0.4, 0.5) is 17.1 Å². The molecule has 0 radical (unpaired) electrons. The Hall–Kier alpha value is -3.15. The average Bonchev–Trinajstić information content (AvgIpc) is 3.34. The van der Waals surface area contributed by atoms with Crippen molar-refractivity contribution < 1.29 is 14.4 Å². The summed E-state index contributed by atoms with van der Waals surface area (Å²) >= 11 is 0. The third-order valence-corrected chi connectivity index (χ3v) is 5.67. The molecule has 6 heteroatoms. The second kappa shape index (κ2) is 8.07. The molecule has 2 saturated heterocycles. The molecule has 150 valence electrons. The predicted molar refractivity (Wildman–Crippen MR) is 113 cm³/mol. The zero-order valence-electron chi connectivity index (χ0n) is 16.6. The first kappa shape index (κ1) is 19.2. The van der Waals surface area contributed by atoms with E-state index in [0.717, 1.165) is 30.8 Å². The lowest BCUT2D eigenvalue weighted by Gasteiger charge is -2.18. The van der Waals surface area contributed by atoms with Crippen molar-refractivity contribution in [3.05, 3.63) is 54.1 Å². The number of benzene rings is 2. The molecule has 3 amide bonds. The third kappa shape index (κ3) is 4.01. The Kier molecular flexibility index (Phi) is 5.34. The Morgan fingerprint density at radius 1 is 0.966 bits per heavy atom. The van der Waals surface area contributed by atoms with Crippen LogP contribution in [0.1, 0.15) is 31.7 Å². The zero-order valence-corrected chi connectivity index (χ0v) is 16.6. The van der Waals surface area contributed by atoms with Crippen molar-refractivity contribution in [2.75, 3.05) is 28.2 Å². The third-order valence-electron chi connectivity index (χ3n) is 5.67. The first-order chi connectivity index (χ1) is 14.0. The van der Waals surface area contributed by atoms with E-state index in [2.05, 4.69) is 12.2 Å². The van der Waals surface area contributed by atoms with Gasteiger partial charge in [-0.1, -0.05) is 19.1 Å². The monoisotopic (exact) mass is 391 g/mol. The highest BCUT2D eigenvalue weighted by Gasteiger charge is 2.35. The second-order valence-corrected chi connectivity index (χ2v) is 7.61. The molecule has 0 aromatic heterocycles. The van der Waals surface area contributed by atoms with Crippen molar-refractivity contribution in [1.29, 1.82) is 0 Å². The van der Waals surface area contributed by atoms with Crippen molar-refractivity contribution in [2.24, 2.45) is 5.92 Å². The molecule has 4 rings (SSSR count). The average molecular weight is 391 g/mol. The molecule has 2 fully saturated rings. The van der Waals surface area contributed by atoms with Crippen LogP contribution in [0.3, 0.4) is 0 Å². The summed E-state index contributed by atoms with van der Waals surface area (Å²) in [6.07, 6.45) is 2.63. The highest BCUT2D eigenvalue weighted by Crippen LogP contribution is 2.27. The highest BCUT2D eigenvalue weighted by molar-refractivity contribution is 6.03. The van der Waals surface area contributed by atoms with E-state index in [-0.39, 0.29) is 30.1 Å². The molecule has 0 spiro atoms. The lowest BCUT2D eigenvalue weighted by Crippen LogP contribution is -2.28. The Balaban J connectivity index is 1.38. The summed E-state index contributed by atoms with van der Waals surface area (Å²) in [6.45, 7) is 3.21. The normalized spacial score (nSPS) is 19.1. The molecule has 0 aliphatic carbocycles. The SMILES string of the molecule is CCc1ccc(N2CC(C(=O)Nc3ccc(N4CCCC4=O)cc3)CC2=O)cc1. The molecule has 1 unspecified atom stereocenters. The number of rotatable bonds is 5. The van der Waals surface area contributed by atoms with Crippen molar-refractivity contribution in [2.45, 2.75) is 32.6 Å².